The van der Waals surface area contributed by atoms with Crippen LogP contribution in [0.1, 0.15) is 11.1 Å². The highest BCUT2D eigenvalue weighted by atomic mass is 19.1. The lowest BCUT2D eigenvalue weighted by Crippen LogP contribution is -2.22. The fourth-order valence-electron chi connectivity index (χ4n) is 2.81. The van der Waals surface area contributed by atoms with E-state index in [-0.39, 0.29) is 24.6 Å². The van der Waals surface area contributed by atoms with Gasteiger partial charge in [-0.2, -0.15) is 0 Å². The molecule has 0 saturated heterocycles. The molecule has 0 fully saturated rings. The summed E-state index contributed by atoms with van der Waals surface area (Å²) in [6.07, 6.45) is 0. The molecular formula is C17H14FN5O2. The lowest BCUT2D eigenvalue weighted by Gasteiger charge is -2.04. The van der Waals surface area contributed by atoms with Crippen LogP contribution in [0.5, 0.6) is 0 Å². The van der Waals surface area contributed by atoms with Crippen LogP contribution in [-0.2, 0) is 13.2 Å². The monoisotopic (exact) mass is 339 g/mol. The second kappa shape index (κ2) is 5.67. The molecule has 2 heterocycles. The van der Waals surface area contributed by atoms with Crippen molar-refractivity contribution in [2.45, 2.75) is 13.2 Å². The molecule has 0 spiro atoms. The normalized spacial score (nSPS) is 11.4. The van der Waals surface area contributed by atoms with E-state index in [1.165, 1.54) is 10.5 Å². The van der Waals surface area contributed by atoms with E-state index < -0.39 is 11.5 Å². The van der Waals surface area contributed by atoms with E-state index in [1.807, 2.05) is 0 Å². The highest BCUT2D eigenvalue weighted by Crippen LogP contribution is 2.19. The maximum Gasteiger partial charge on any atom is 0.351 e. The van der Waals surface area contributed by atoms with Crippen molar-refractivity contribution < 1.29 is 9.50 Å². The number of anilines is 1. The third-order valence-corrected chi connectivity index (χ3v) is 4.05. The number of nitrogens with zero attached hydrogens (tertiary/aromatic N) is 4. The molecule has 0 aliphatic rings. The van der Waals surface area contributed by atoms with Gasteiger partial charge in [0.1, 0.15) is 5.82 Å². The molecule has 7 nitrogen and oxygen atoms in total. The van der Waals surface area contributed by atoms with Crippen molar-refractivity contribution >= 4 is 22.5 Å². The predicted octanol–water partition coefficient (Wildman–Crippen LogP) is 1.31. The fourth-order valence-corrected chi connectivity index (χ4v) is 2.81. The van der Waals surface area contributed by atoms with Gasteiger partial charge in [-0.1, -0.05) is 24.3 Å². The van der Waals surface area contributed by atoms with Gasteiger partial charge in [0.2, 0.25) is 5.65 Å². The van der Waals surface area contributed by atoms with E-state index in [9.17, 15) is 14.3 Å². The molecule has 2 aromatic carbocycles. The highest BCUT2D eigenvalue weighted by molar-refractivity contribution is 5.82. The number of aromatic nitrogens is 4. The summed E-state index contributed by atoms with van der Waals surface area (Å²) < 4.78 is 16.4. The lowest BCUT2D eigenvalue weighted by molar-refractivity contribution is 0.282. The van der Waals surface area contributed by atoms with Crippen molar-refractivity contribution in [3.63, 3.8) is 0 Å². The SMILES string of the molecule is Nc1nc2cc(CO)ccc2n2c(=O)n(Cc3ccccc3F)nc12. The first-order chi connectivity index (χ1) is 12.1. The minimum atomic E-state index is -0.436. The molecule has 0 aliphatic carbocycles. The molecule has 4 rings (SSSR count). The Hall–Kier alpha value is -3.26. The Bertz CT molecular complexity index is 1170. The number of nitrogens with two attached hydrogens (primary N) is 1. The molecule has 0 atom stereocenters. The van der Waals surface area contributed by atoms with Crippen molar-refractivity contribution in [1.29, 1.82) is 0 Å². The Morgan fingerprint density at radius 2 is 2.00 bits per heavy atom. The number of aliphatic hydroxyl groups is 1. The maximum absolute atomic E-state index is 13.9. The van der Waals surface area contributed by atoms with Crippen molar-refractivity contribution in [3.05, 3.63) is 69.9 Å². The number of fused-ring (bicyclic) bond motifs is 3. The summed E-state index contributed by atoms with van der Waals surface area (Å²) in [6, 6.07) is 11.2. The molecular weight excluding hydrogens is 325 g/mol. The second-order valence-electron chi connectivity index (χ2n) is 5.67. The van der Waals surface area contributed by atoms with Gasteiger partial charge in [-0.05, 0) is 23.8 Å². The van der Waals surface area contributed by atoms with E-state index in [0.29, 0.717) is 22.2 Å². The van der Waals surface area contributed by atoms with Crippen LogP contribution in [0.4, 0.5) is 10.2 Å². The molecule has 126 valence electrons. The molecule has 4 aromatic rings. The van der Waals surface area contributed by atoms with Gasteiger partial charge in [0.25, 0.3) is 0 Å². The highest BCUT2D eigenvalue weighted by Gasteiger charge is 2.15. The van der Waals surface area contributed by atoms with Gasteiger partial charge in [-0.3, -0.25) is 0 Å². The third kappa shape index (κ3) is 2.43. The van der Waals surface area contributed by atoms with Crippen LogP contribution >= 0.6 is 0 Å². The Balaban J connectivity index is 1.95. The molecule has 0 radical (unpaired) electrons. The molecule has 3 N–H and O–H groups in total. The van der Waals surface area contributed by atoms with Gasteiger partial charge in [0, 0.05) is 5.56 Å². The topological polar surface area (TPSA) is 98.4 Å². The van der Waals surface area contributed by atoms with Crippen molar-refractivity contribution in [1.82, 2.24) is 19.2 Å². The third-order valence-electron chi connectivity index (χ3n) is 4.05. The van der Waals surface area contributed by atoms with E-state index >= 15 is 0 Å². The molecule has 8 heteroatoms. The molecule has 2 aromatic heterocycles. The smallest absolute Gasteiger partial charge is 0.351 e. The number of hydrogen-bond acceptors (Lipinski definition) is 5. The first kappa shape index (κ1) is 15.3. The number of nitrogen functional groups attached to an aromatic ring is 1. The summed E-state index contributed by atoms with van der Waals surface area (Å²) in [7, 11) is 0. The second-order valence-corrected chi connectivity index (χ2v) is 5.67. The van der Waals surface area contributed by atoms with Crippen LogP contribution in [0.15, 0.2) is 47.3 Å². The van der Waals surface area contributed by atoms with Crippen LogP contribution < -0.4 is 11.4 Å². The van der Waals surface area contributed by atoms with E-state index in [4.69, 9.17) is 5.73 Å². The Labute approximate surface area is 140 Å². The maximum atomic E-state index is 13.9. The molecule has 0 amide bonds. The Morgan fingerprint density at radius 1 is 1.20 bits per heavy atom. The Kier molecular flexibility index (Phi) is 3.47. The van der Waals surface area contributed by atoms with E-state index in [0.717, 1.165) is 4.68 Å². The largest absolute Gasteiger partial charge is 0.392 e. The molecule has 25 heavy (non-hydrogen) atoms. The zero-order valence-corrected chi connectivity index (χ0v) is 13.1. The van der Waals surface area contributed by atoms with E-state index in [2.05, 4.69) is 10.1 Å². The summed E-state index contributed by atoms with van der Waals surface area (Å²) in [5, 5.41) is 13.5. The number of halogens is 1. The van der Waals surface area contributed by atoms with Crippen LogP contribution in [0, 0.1) is 5.82 Å². The summed E-state index contributed by atoms with van der Waals surface area (Å²) >= 11 is 0. The molecule has 0 unspecified atom stereocenters. The minimum absolute atomic E-state index is 0.0111. The minimum Gasteiger partial charge on any atom is -0.392 e. The van der Waals surface area contributed by atoms with Crippen LogP contribution in [0.2, 0.25) is 0 Å². The first-order valence-corrected chi connectivity index (χ1v) is 7.60. The zero-order chi connectivity index (χ0) is 17.6. The summed E-state index contributed by atoms with van der Waals surface area (Å²) in [5.74, 6) is -0.318. The average Bonchev–Trinajstić information content (AvgIpc) is 2.94. The number of aliphatic hydroxyl groups excluding tert-OH is 1. The summed E-state index contributed by atoms with van der Waals surface area (Å²) in [5.41, 5.74) is 7.72. The average molecular weight is 339 g/mol. The lowest BCUT2D eigenvalue weighted by atomic mass is 10.2. The molecule has 0 aliphatic heterocycles. The number of rotatable bonds is 3. The first-order valence-electron chi connectivity index (χ1n) is 7.60. The van der Waals surface area contributed by atoms with Crippen molar-refractivity contribution in [2.24, 2.45) is 0 Å². The number of hydrogen-bond donors (Lipinski definition) is 2. The molecule has 0 saturated carbocycles. The van der Waals surface area contributed by atoms with Crippen LogP contribution in [0.3, 0.4) is 0 Å². The zero-order valence-electron chi connectivity index (χ0n) is 13.1. The van der Waals surface area contributed by atoms with Gasteiger partial charge < -0.3 is 10.8 Å². The van der Waals surface area contributed by atoms with Gasteiger partial charge in [-0.15, -0.1) is 5.10 Å². The van der Waals surface area contributed by atoms with Gasteiger partial charge in [0.05, 0.1) is 24.2 Å². The predicted molar refractivity (Wildman–Crippen MR) is 90.6 cm³/mol. The quantitative estimate of drug-likeness (QED) is 0.586. The van der Waals surface area contributed by atoms with Gasteiger partial charge >= 0.3 is 5.69 Å². The van der Waals surface area contributed by atoms with Crippen LogP contribution in [-0.4, -0.2) is 24.3 Å². The summed E-state index contributed by atoms with van der Waals surface area (Å²) in [4.78, 5) is 17.0. The van der Waals surface area contributed by atoms with E-state index in [1.54, 1.807) is 36.4 Å². The molecule has 0 bridgehead atoms. The number of benzene rings is 2. The van der Waals surface area contributed by atoms with Crippen molar-refractivity contribution in [2.75, 3.05) is 5.73 Å². The van der Waals surface area contributed by atoms with Crippen molar-refractivity contribution in [3.8, 4) is 0 Å². The fraction of sp³-hybridized carbons (Fsp3) is 0.118. The van der Waals surface area contributed by atoms with Crippen LogP contribution in [0.25, 0.3) is 16.7 Å². The van der Waals surface area contributed by atoms with Gasteiger partial charge in [0.15, 0.2) is 5.82 Å². The Morgan fingerprint density at radius 3 is 2.76 bits per heavy atom. The van der Waals surface area contributed by atoms with Gasteiger partial charge in [-0.25, -0.2) is 23.3 Å². The summed E-state index contributed by atoms with van der Waals surface area (Å²) in [6.45, 7) is -0.153. The standard InChI is InChI=1S/C17H14FN5O2/c18-12-4-2-1-3-11(12)8-22-17(25)23-14-6-5-10(9-24)7-13(14)20-15(19)16(23)21-22/h1-7,24H,8-9H2,(H2,19,20).